The van der Waals surface area contributed by atoms with Gasteiger partial charge in [-0.15, -0.1) is 0 Å². The van der Waals surface area contributed by atoms with Gasteiger partial charge in [-0.05, 0) is 55.5 Å². The van der Waals surface area contributed by atoms with Gasteiger partial charge in [0.25, 0.3) is 5.56 Å². The molecule has 0 radical (unpaired) electrons. The molecule has 4 nitrogen and oxygen atoms in total. The molecule has 0 amide bonds. The second-order valence-corrected chi connectivity index (χ2v) is 10.7. The van der Waals surface area contributed by atoms with Crippen molar-refractivity contribution in [2.75, 3.05) is 19.6 Å². The predicted molar refractivity (Wildman–Crippen MR) is 148 cm³/mol. The zero-order valence-electron chi connectivity index (χ0n) is 21.4. The number of hydrogen-bond acceptors (Lipinski definition) is 2. The third-order valence-electron chi connectivity index (χ3n) is 7.55. The highest BCUT2D eigenvalue weighted by atomic mass is 35.5. The fourth-order valence-electron chi connectivity index (χ4n) is 5.47. The van der Waals surface area contributed by atoms with Gasteiger partial charge in [-0.3, -0.25) is 4.79 Å². The van der Waals surface area contributed by atoms with Crippen LogP contribution in [0, 0.1) is 6.92 Å². The van der Waals surface area contributed by atoms with Crippen LogP contribution in [-0.4, -0.2) is 29.4 Å². The number of benzene rings is 3. The van der Waals surface area contributed by atoms with Gasteiger partial charge in [0, 0.05) is 29.7 Å². The van der Waals surface area contributed by atoms with Crippen molar-refractivity contribution in [3.05, 3.63) is 111 Å². The molecular weight excluding hydrogens is 501 g/mol. The van der Waals surface area contributed by atoms with E-state index < -0.39 is 0 Å². The number of likely N-dealkylation sites (tertiary alicyclic amines) is 1. The molecule has 1 aliphatic heterocycles. The molecule has 1 saturated heterocycles. The molecule has 1 fully saturated rings. The Balaban J connectivity index is 0.00000320. The van der Waals surface area contributed by atoms with Crippen molar-refractivity contribution in [2.45, 2.75) is 51.5 Å². The van der Waals surface area contributed by atoms with Gasteiger partial charge in [-0.25, -0.2) is 4.68 Å². The van der Waals surface area contributed by atoms with Crippen molar-refractivity contribution < 1.29 is 17.3 Å². The van der Waals surface area contributed by atoms with E-state index in [0.29, 0.717) is 6.42 Å². The maximum Gasteiger partial charge on any atom is 0.274 e. The molecule has 5 rings (SSSR count). The highest BCUT2D eigenvalue weighted by molar-refractivity contribution is 6.30. The lowest BCUT2D eigenvalue weighted by atomic mass is 10.0. The molecule has 1 aliphatic rings. The van der Waals surface area contributed by atoms with Gasteiger partial charge >= 0.3 is 0 Å². The molecular formula is C31H35Cl2N3O. The van der Waals surface area contributed by atoms with Crippen LogP contribution < -0.4 is 22.9 Å². The molecule has 0 spiro atoms. The molecule has 6 heteroatoms. The Hall–Kier alpha value is -2.66. The SMILES string of the molecule is Cc1ccc(CCC[NH+]2CCCC(n3nc(Cc4ccc(Cl)cc4)c4ccccc4c3=O)CC2)cc1.[Cl-]. The Kier molecular flexibility index (Phi) is 9.42. The highest BCUT2D eigenvalue weighted by Crippen LogP contribution is 2.22. The standard InChI is InChI=1S/C31H34ClN3O.ClH/c1-23-10-12-24(13-11-23)6-4-19-34-20-5-7-27(18-21-34)35-31(36)29-9-3-2-8-28(29)30(33-35)22-25-14-16-26(32)17-15-25;/h2-3,8-17,27H,4-7,18-22H2,1H3;1H. The molecule has 4 aromatic rings. The van der Waals surface area contributed by atoms with Gasteiger partial charge < -0.3 is 17.3 Å². The quantitative estimate of drug-likeness (QED) is 0.394. The number of aryl methyl sites for hydroxylation is 2. The van der Waals surface area contributed by atoms with E-state index in [1.165, 1.54) is 30.6 Å². The van der Waals surface area contributed by atoms with E-state index in [0.717, 1.165) is 59.3 Å². The molecule has 194 valence electrons. The Morgan fingerprint density at radius 2 is 1.62 bits per heavy atom. The topological polar surface area (TPSA) is 39.3 Å². The van der Waals surface area contributed by atoms with Crippen LogP contribution in [0.5, 0.6) is 0 Å². The Morgan fingerprint density at radius 1 is 0.919 bits per heavy atom. The fraction of sp³-hybridized carbons (Fsp3) is 0.355. The third-order valence-corrected chi connectivity index (χ3v) is 7.80. The summed E-state index contributed by atoms with van der Waals surface area (Å²) in [6.45, 7) is 5.58. The zero-order valence-corrected chi connectivity index (χ0v) is 22.9. The molecule has 37 heavy (non-hydrogen) atoms. The van der Waals surface area contributed by atoms with Gasteiger partial charge in [0.15, 0.2) is 0 Å². The summed E-state index contributed by atoms with van der Waals surface area (Å²) in [7, 11) is 0. The van der Waals surface area contributed by atoms with E-state index in [1.807, 2.05) is 53.2 Å². The van der Waals surface area contributed by atoms with Crippen LogP contribution in [0.3, 0.4) is 0 Å². The van der Waals surface area contributed by atoms with Crippen LogP contribution in [-0.2, 0) is 12.8 Å². The van der Waals surface area contributed by atoms with Crippen LogP contribution in [0.25, 0.3) is 10.8 Å². The first-order chi connectivity index (χ1) is 17.6. The van der Waals surface area contributed by atoms with Gasteiger partial charge in [0.2, 0.25) is 0 Å². The van der Waals surface area contributed by atoms with Crippen LogP contribution in [0.4, 0.5) is 0 Å². The van der Waals surface area contributed by atoms with Crippen LogP contribution in [0.2, 0.25) is 5.02 Å². The molecule has 1 aromatic heterocycles. The average molecular weight is 537 g/mol. The largest absolute Gasteiger partial charge is 1.00 e. The van der Waals surface area contributed by atoms with Gasteiger partial charge in [-0.2, -0.15) is 5.10 Å². The van der Waals surface area contributed by atoms with Gasteiger partial charge in [0.05, 0.1) is 36.8 Å². The molecule has 0 saturated carbocycles. The first-order valence-electron chi connectivity index (χ1n) is 13.2. The Labute approximate surface area is 230 Å². The van der Waals surface area contributed by atoms with Crippen molar-refractivity contribution in [2.24, 2.45) is 0 Å². The molecule has 2 heterocycles. The summed E-state index contributed by atoms with van der Waals surface area (Å²) in [5, 5.41) is 7.42. The minimum Gasteiger partial charge on any atom is -1.00 e. The number of nitrogens with one attached hydrogen (secondary N) is 1. The summed E-state index contributed by atoms with van der Waals surface area (Å²) in [6, 6.07) is 24.9. The monoisotopic (exact) mass is 535 g/mol. The first-order valence-corrected chi connectivity index (χ1v) is 13.6. The number of hydrogen-bond donors (Lipinski definition) is 1. The predicted octanol–water partition coefficient (Wildman–Crippen LogP) is 2.20. The minimum absolute atomic E-state index is 0. The fourth-order valence-corrected chi connectivity index (χ4v) is 5.59. The summed E-state index contributed by atoms with van der Waals surface area (Å²) >= 11 is 6.09. The molecule has 0 bridgehead atoms. The minimum atomic E-state index is 0. The number of fused-ring (bicyclic) bond motifs is 1. The van der Waals surface area contributed by atoms with Crippen molar-refractivity contribution in [1.29, 1.82) is 0 Å². The van der Waals surface area contributed by atoms with Crippen LogP contribution in [0.15, 0.2) is 77.6 Å². The molecule has 3 aromatic carbocycles. The average Bonchev–Trinajstić information content (AvgIpc) is 3.14. The summed E-state index contributed by atoms with van der Waals surface area (Å²) in [5.74, 6) is 0. The second-order valence-electron chi connectivity index (χ2n) is 10.2. The maximum atomic E-state index is 13.5. The lowest BCUT2D eigenvalue weighted by Gasteiger charge is -2.19. The van der Waals surface area contributed by atoms with Crippen molar-refractivity contribution >= 4 is 22.4 Å². The van der Waals surface area contributed by atoms with Gasteiger partial charge in [0.1, 0.15) is 0 Å². The van der Waals surface area contributed by atoms with E-state index in [-0.39, 0.29) is 24.0 Å². The van der Waals surface area contributed by atoms with E-state index in [4.69, 9.17) is 16.7 Å². The third kappa shape index (κ3) is 6.81. The Morgan fingerprint density at radius 3 is 2.38 bits per heavy atom. The number of rotatable bonds is 7. The zero-order chi connectivity index (χ0) is 24.9. The lowest BCUT2D eigenvalue weighted by molar-refractivity contribution is -0.899. The van der Waals surface area contributed by atoms with E-state index in [1.54, 1.807) is 4.90 Å². The smallest absolute Gasteiger partial charge is 0.274 e. The van der Waals surface area contributed by atoms with E-state index in [2.05, 4.69) is 31.2 Å². The van der Waals surface area contributed by atoms with Crippen molar-refractivity contribution in [1.82, 2.24) is 9.78 Å². The summed E-state index contributed by atoms with van der Waals surface area (Å²) in [6.07, 6.45) is 6.13. The number of quaternary nitrogens is 1. The summed E-state index contributed by atoms with van der Waals surface area (Å²) < 4.78 is 1.81. The highest BCUT2D eigenvalue weighted by Gasteiger charge is 2.24. The van der Waals surface area contributed by atoms with Crippen LogP contribution in [0.1, 0.15) is 54.1 Å². The van der Waals surface area contributed by atoms with Gasteiger partial charge in [-0.1, -0.05) is 71.8 Å². The van der Waals surface area contributed by atoms with E-state index >= 15 is 0 Å². The Bertz CT molecular complexity index is 1370. The molecule has 2 unspecified atom stereocenters. The summed E-state index contributed by atoms with van der Waals surface area (Å²) in [4.78, 5) is 15.2. The molecule has 0 aliphatic carbocycles. The lowest BCUT2D eigenvalue weighted by Crippen LogP contribution is -3.11. The normalized spacial score (nSPS) is 17.8. The number of aromatic nitrogens is 2. The molecule has 2 atom stereocenters. The number of nitrogens with zero attached hydrogens (tertiary/aromatic N) is 2. The van der Waals surface area contributed by atoms with Crippen molar-refractivity contribution in [3.63, 3.8) is 0 Å². The summed E-state index contributed by atoms with van der Waals surface area (Å²) in [5.41, 5.74) is 4.88. The van der Waals surface area contributed by atoms with Crippen LogP contribution >= 0.6 is 11.6 Å². The maximum absolute atomic E-state index is 13.5. The molecule has 1 N–H and O–H groups in total. The van der Waals surface area contributed by atoms with E-state index in [9.17, 15) is 4.79 Å². The second kappa shape index (κ2) is 12.7. The first kappa shape index (κ1) is 27.4. The van der Waals surface area contributed by atoms with Crippen molar-refractivity contribution in [3.8, 4) is 0 Å². The number of halogens is 2.